The molecule has 2 N–H and O–H groups in total. The van der Waals surface area contributed by atoms with Crippen molar-refractivity contribution in [2.24, 2.45) is 17.1 Å². The van der Waals surface area contributed by atoms with Crippen LogP contribution in [-0.4, -0.2) is 17.8 Å². The van der Waals surface area contributed by atoms with Crippen LogP contribution in [0.4, 0.5) is 0 Å². The highest BCUT2D eigenvalue weighted by Gasteiger charge is 2.53. The van der Waals surface area contributed by atoms with Crippen LogP contribution in [0.25, 0.3) is 0 Å². The highest BCUT2D eigenvalue weighted by molar-refractivity contribution is 6.00. The van der Waals surface area contributed by atoms with Crippen LogP contribution >= 0.6 is 0 Å². The van der Waals surface area contributed by atoms with Gasteiger partial charge in [0, 0.05) is 6.92 Å². The first kappa shape index (κ1) is 12.4. The average molecular weight is 225 g/mol. The minimum absolute atomic E-state index is 0.241. The largest absolute Gasteiger partial charge is 0.392 e. The average Bonchev–Trinajstić information content (AvgIpc) is 2.38. The molecule has 16 heavy (non-hydrogen) atoms. The van der Waals surface area contributed by atoms with Gasteiger partial charge < -0.3 is 10.5 Å². The molecule has 0 spiro atoms. The zero-order valence-corrected chi connectivity index (χ0v) is 9.36. The van der Waals surface area contributed by atoms with Crippen LogP contribution in [0.3, 0.4) is 0 Å². The fourth-order valence-corrected chi connectivity index (χ4v) is 1.85. The Morgan fingerprint density at radius 2 is 2.12 bits per heavy atom. The lowest BCUT2D eigenvalue weighted by molar-refractivity contribution is -0.154. The molecular weight excluding hydrogens is 210 g/mol. The third-order valence-electron chi connectivity index (χ3n) is 2.73. The van der Waals surface area contributed by atoms with Gasteiger partial charge in [-0.2, -0.15) is 0 Å². The van der Waals surface area contributed by atoms with Gasteiger partial charge in [-0.25, -0.2) is 0 Å². The van der Waals surface area contributed by atoms with E-state index in [1.807, 2.05) is 6.08 Å². The Morgan fingerprint density at radius 1 is 1.56 bits per heavy atom. The van der Waals surface area contributed by atoms with Gasteiger partial charge in [-0.3, -0.25) is 14.4 Å². The zero-order valence-electron chi connectivity index (χ0n) is 9.36. The number of fused-ring (bicyclic) bond motifs is 1. The smallest absolute Gasteiger partial charge is 0.324 e. The summed E-state index contributed by atoms with van der Waals surface area (Å²) >= 11 is 0. The summed E-state index contributed by atoms with van der Waals surface area (Å²) in [5, 5.41) is 0. The Hall–Kier alpha value is -1.65. The van der Waals surface area contributed by atoms with Crippen LogP contribution in [0.5, 0.6) is 0 Å². The lowest BCUT2D eigenvalue weighted by atomic mass is 9.73. The first-order chi connectivity index (χ1) is 7.38. The topological polar surface area (TPSA) is 86.5 Å². The molecule has 5 nitrogen and oxygen atoms in total. The highest BCUT2D eigenvalue weighted by atomic mass is 16.6. The number of nitrogens with two attached hydrogens (primary N) is 1. The fourth-order valence-electron chi connectivity index (χ4n) is 1.85. The van der Waals surface area contributed by atoms with Crippen molar-refractivity contribution >= 4 is 17.8 Å². The maximum atomic E-state index is 11.2. The van der Waals surface area contributed by atoms with Crippen molar-refractivity contribution < 1.29 is 19.1 Å². The van der Waals surface area contributed by atoms with Gasteiger partial charge in [-0.05, 0) is 19.8 Å². The molecule has 1 heterocycles. The van der Waals surface area contributed by atoms with Crippen molar-refractivity contribution in [1.82, 2.24) is 0 Å². The second-order valence-electron chi connectivity index (χ2n) is 4.13. The lowest BCUT2D eigenvalue weighted by Crippen LogP contribution is -2.30. The summed E-state index contributed by atoms with van der Waals surface area (Å²) in [5.74, 6) is -1.32. The van der Waals surface area contributed by atoms with Crippen molar-refractivity contribution in [1.29, 1.82) is 0 Å². The Kier molecular flexibility index (Phi) is 3.47. The number of carbonyl (C=O) groups excluding carboxylic acids is 3. The second kappa shape index (κ2) is 4.47. The van der Waals surface area contributed by atoms with E-state index in [0.29, 0.717) is 0 Å². The van der Waals surface area contributed by atoms with Crippen LogP contribution in [0.1, 0.15) is 26.7 Å². The molecule has 0 aromatic carbocycles. The minimum atomic E-state index is -0.671. The summed E-state index contributed by atoms with van der Waals surface area (Å²) < 4.78 is 4.58. The number of allylic oxidation sites excluding steroid dienone is 1. The first-order valence-electron chi connectivity index (χ1n) is 5.08. The molecule has 5 heteroatoms. The van der Waals surface area contributed by atoms with E-state index in [2.05, 4.69) is 10.5 Å². The van der Waals surface area contributed by atoms with Crippen molar-refractivity contribution in [3.8, 4) is 0 Å². The van der Waals surface area contributed by atoms with E-state index in [0.717, 1.165) is 12.8 Å². The molecule has 2 unspecified atom stereocenters. The maximum Gasteiger partial charge on any atom is 0.324 e. The van der Waals surface area contributed by atoms with E-state index in [1.54, 1.807) is 13.0 Å². The van der Waals surface area contributed by atoms with Crippen LogP contribution < -0.4 is 5.73 Å². The van der Waals surface area contributed by atoms with E-state index >= 15 is 0 Å². The number of ether oxygens (including phenoxy) is 1. The molecule has 0 aromatic heterocycles. The number of primary amides is 1. The van der Waals surface area contributed by atoms with Gasteiger partial charge in [-0.1, -0.05) is 12.2 Å². The molecule has 1 fully saturated rings. The standard InChI is InChI=1S/C9H10O3.C2H5NO/c1-9-5-3-2-4-6(9)7(10)12-8(9)11;1-2(3)4/h3,5-6H,2,4H2,1H3;1H3,(H2,3,4). The minimum Gasteiger partial charge on any atom is -0.392 e. The molecule has 0 aromatic rings. The van der Waals surface area contributed by atoms with Crippen LogP contribution in [0, 0.1) is 11.3 Å². The molecule has 1 amide bonds. The molecule has 0 saturated carbocycles. The van der Waals surface area contributed by atoms with Gasteiger partial charge in [0.1, 0.15) is 0 Å². The summed E-state index contributed by atoms with van der Waals surface area (Å²) in [6, 6.07) is 0. The molecular formula is C11H15NO4. The van der Waals surface area contributed by atoms with Crippen molar-refractivity contribution in [2.75, 3.05) is 0 Å². The van der Waals surface area contributed by atoms with Gasteiger partial charge in [0.25, 0.3) is 0 Å². The van der Waals surface area contributed by atoms with E-state index in [4.69, 9.17) is 0 Å². The molecule has 0 bridgehead atoms. The fraction of sp³-hybridized carbons (Fsp3) is 0.545. The summed E-state index contributed by atoms with van der Waals surface area (Å²) in [7, 11) is 0. The Balaban J connectivity index is 0.000000280. The predicted molar refractivity (Wildman–Crippen MR) is 55.9 cm³/mol. The second-order valence-corrected chi connectivity index (χ2v) is 4.13. The maximum absolute atomic E-state index is 11.2. The zero-order chi connectivity index (χ0) is 12.3. The summed E-state index contributed by atoms with van der Waals surface area (Å²) in [6.45, 7) is 3.07. The highest BCUT2D eigenvalue weighted by Crippen LogP contribution is 2.42. The number of carbonyl (C=O) groups is 3. The normalized spacial score (nSPS) is 31.2. The van der Waals surface area contributed by atoms with Crippen LogP contribution in [0.2, 0.25) is 0 Å². The number of cyclic esters (lactones) is 2. The van der Waals surface area contributed by atoms with Crippen molar-refractivity contribution in [3.63, 3.8) is 0 Å². The predicted octanol–water partition coefficient (Wildman–Crippen LogP) is 0.534. The molecule has 88 valence electrons. The molecule has 2 aliphatic rings. The van der Waals surface area contributed by atoms with Gasteiger partial charge in [0.15, 0.2) is 0 Å². The Bertz CT molecular complexity index is 357. The molecule has 0 radical (unpaired) electrons. The molecule has 1 aliphatic carbocycles. The van der Waals surface area contributed by atoms with Crippen molar-refractivity contribution in [2.45, 2.75) is 26.7 Å². The third kappa shape index (κ3) is 2.29. The molecule has 1 aliphatic heterocycles. The molecule has 2 rings (SSSR count). The first-order valence-corrected chi connectivity index (χ1v) is 5.08. The van der Waals surface area contributed by atoms with Crippen LogP contribution in [-0.2, 0) is 19.1 Å². The van der Waals surface area contributed by atoms with E-state index in [1.165, 1.54) is 6.92 Å². The van der Waals surface area contributed by atoms with E-state index in [9.17, 15) is 14.4 Å². The number of hydrogen-bond donors (Lipinski definition) is 1. The number of amides is 1. The van der Waals surface area contributed by atoms with Gasteiger partial charge >= 0.3 is 11.9 Å². The molecule has 2 atom stereocenters. The summed E-state index contributed by atoms with van der Waals surface area (Å²) in [4.78, 5) is 31.6. The van der Waals surface area contributed by atoms with Gasteiger partial charge in [0.2, 0.25) is 5.91 Å². The van der Waals surface area contributed by atoms with Gasteiger partial charge in [0.05, 0.1) is 11.3 Å². The number of esters is 2. The Morgan fingerprint density at radius 3 is 2.62 bits per heavy atom. The molecule has 1 saturated heterocycles. The number of hydrogen-bond acceptors (Lipinski definition) is 4. The summed E-state index contributed by atoms with van der Waals surface area (Å²) in [5.41, 5.74) is 3.80. The van der Waals surface area contributed by atoms with Crippen molar-refractivity contribution in [3.05, 3.63) is 12.2 Å². The lowest BCUT2D eigenvalue weighted by Gasteiger charge is -2.24. The van der Waals surface area contributed by atoms with Gasteiger partial charge in [-0.15, -0.1) is 0 Å². The van der Waals surface area contributed by atoms with E-state index in [-0.39, 0.29) is 17.8 Å². The SMILES string of the molecule is CC(N)=O.CC12C=CCCC1C(=O)OC2=O. The van der Waals surface area contributed by atoms with Crippen LogP contribution in [0.15, 0.2) is 12.2 Å². The summed E-state index contributed by atoms with van der Waals surface area (Å²) in [6.07, 6.45) is 5.34. The quantitative estimate of drug-likeness (QED) is 0.370. The van der Waals surface area contributed by atoms with E-state index < -0.39 is 11.4 Å². The Labute approximate surface area is 93.6 Å². The monoisotopic (exact) mass is 225 g/mol. The third-order valence-corrected chi connectivity index (χ3v) is 2.73. The number of rotatable bonds is 0.